The summed E-state index contributed by atoms with van der Waals surface area (Å²) >= 11 is 0. The Hall–Kier alpha value is -4.02. The predicted molar refractivity (Wildman–Crippen MR) is 114 cm³/mol. The lowest BCUT2D eigenvalue weighted by Gasteiger charge is -2.24. The summed E-state index contributed by atoms with van der Waals surface area (Å²) in [7, 11) is 0. The fraction of sp³-hybridized carbons (Fsp3) is 0.227. The van der Waals surface area contributed by atoms with Gasteiger partial charge in [-0.25, -0.2) is 18.2 Å². The molecule has 2 N–H and O–H groups in total. The second-order valence-corrected chi connectivity index (χ2v) is 7.71. The molecular weight excluding hydrogens is 435 g/mol. The van der Waals surface area contributed by atoms with Crippen molar-refractivity contribution >= 4 is 22.8 Å². The Labute approximate surface area is 185 Å². The van der Waals surface area contributed by atoms with Crippen molar-refractivity contribution in [2.75, 3.05) is 18.4 Å². The van der Waals surface area contributed by atoms with Crippen molar-refractivity contribution < 1.29 is 18.0 Å². The maximum absolute atomic E-state index is 13.5. The molecule has 1 amide bonds. The van der Waals surface area contributed by atoms with Crippen LogP contribution in [0.2, 0.25) is 0 Å². The van der Waals surface area contributed by atoms with Crippen molar-refractivity contribution in [1.82, 2.24) is 30.3 Å². The number of amides is 1. The summed E-state index contributed by atoms with van der Waals surface area (Å²) in [5.74, 6) is -2.25. The minimum absolute atomic E-state index is 0.141. The van der Waals surface area contributed by atoms with Crippen LogP contribution in [0.25, 0.3) is 22.3 Å². The Balaban J connectivity index is 1.31. The van der Waals surface area contributed by atoms with E-state index in [1.807, 2.05) is 0 Å². The highest BCUT2D eigenvalue weighted by molar-refractivity contribution is 5.98. The van der Waals surface area contributed by atoms with Gasteiger partial charge in [0.05, 0.1) is 17.2 Å². The van der Waals surface area contributed by atoms with Crippen LogP contribution in [0.15, 0.2) is 42.6 Å². The molecule has 1 fully saturated rings. The molecule has 4 aromatic rings. The zero-order chi connectivity index (χ0) is 22.9. The fourth-order valence-corrected chi connectivity index (χ4v) is 3.96. The first-order valence-electron chi connectivity index (χ1n) is 10.3. The third kappa shape index (κ3) is 4.09. The number of likely N-dealkylation sites (tertiary alicyclic amines) is 1. The molecule has 2 aromatic carbocycles. The van der Waals surface area contributed by atoms with Gasteiger partial charge in [0.1, 0.15) is 17.3 Å². The topological polar surface area (TPSA) is 99.7 Å². The van der Waals surface area contributed by atoms with Gasteiger partial charge in [0.15, 0.2) is 17.3 Å². The van der Waals surface area contributed by atoms with E-state index in [9.17, 15) is 18.0 Å². The Morgan fingerprint density at radius 2 is 1.85 bits per heavy atom. The molecule has 1 saturated heterocycles. The van der Waals surface area contributed by atoms with Gasteiger partial charge in [0.2, 0.25) is 0 Å². The number of rotatable bonds is 5. The molecule has 0 bridgehead atoms. The summed E-state index contributed by atoms with van der Waals surface area (Å²) in [5, 5.41) is 13.7. The van der Waals surface area contributed by atoms with E-state index in [-0.39, 0.29) is 34.5 Å². The number of halogens is 3. The van der Waals surface area contributed by atoms with Crippen molar-refractivity contribution in [3.05, 3.63) is 65.7 Å². The molecule has 1 atom stereocenters. The van der Waals surface area contributed by atoms with Crippen LogP contribution in [0.4, 0.5) is 19.0 Å². The summed E-state index contributed by atoms with van der Waals surface area (Å²) < 4.78 is 40.2. The van der Waals surface area contributed by atoms with Crippen molar-refractivity contribution in [1.29, 1.82) is 0 Å². The van der Waals surface area contributed by atoms with Crippen molar-refractivity contribution in [3.63, 3.8) is 0 Å². The molecule has 1 aliphatic rings. The number of nitrogens with zero attached hydrogens (tertiary/aromatic N) is 5. The van der Waals surface area contributed by atoms with Gasteiger partial charge in [-0.05, 0) is 37.1 Å². The number of anilines is 1. The lowest BCUT2D eigenvalue weighted by molar-refractivity contribution is 0.0738. The maximum atomic E-state index is 13.5. The molecule has 2 aromatic heterocycles. The Morgan fingerprint density at radius 1 is 1.09 bits per heavy atom. The van der Waals surface area contributed by atoms with Gasteiger partial charge >= 0.3 is 0 Å². The molecule has 0 spiro atoms. The molecule has 33 heavy (non-hydrogen) atoms. The number of aromatic amines is 1. The van der Waals surface area contributed by atoms with Gasteiger partial charge < -0.3 is 10.2 Å². The number of nitrogens with one attached hydrogen (secondary N) is 2. The Kier molecular flexibility index (Phi) is 5.37. The third-order valence-electron chi connectivity index (χ3n) is 5.61. The van der Waals surface area contributed by atoms with Crippen molar-refractivity contribution in [3.8, 4) is 11.3 Å². The van der Waals surface area contributed by atoms with E-state index in [0.29, 0.717) is 30.2 Å². The number of aromatic nitrogens is 5. The lowest BCUT2D eigenvalue weighted by Crippen LogP contribution is -2.40. The molecule has 1 aliphatic heterocycles. The summed E-state index contributed by atoms with van der Waals surface area (Å²) in [6, 6.07) is 7.53. The normalized spacial score (nSPS) is 15.8. The zero-order valence-electron chi connectivity index (χ0n) is 17.2. The quantitative estimate of drug-likeness (QED) is 0.480. The average Bonchev–Trinajstić information content (AvgIpc) is 3.48. The van der Waals surface area contributed by atoms with E-state index < -0.39 is 11.6 Å². The highest BCUT2D eigenvalue weighted by Crippen LogP contribution is 2.25. The standard InChI is InChI=1S/C22H18F3N7O/c23-13-5-3-12(4-6-13)20-21(30-31-29-20)22(33)32-7-1-2-14(32)10-27-19-11-26-17-8-15(24)16(25)9-18(17)28-19/h3-6,8-9,11,14H,1-2,7,10H2,(H,27,28)(H,29,30,31)/t14-/m0/s1. The van der Waals surface area contributed by atoms with Gasteiger partial charge in [-0.3, -0.25) is 9.78 Å². The first-order chi connectivity index (χ1) is 16.0. The van der Waals surface area contributed by atoms with Crippen LogP contribution in [0.3, 0.4) is 0 Å². The maximum Gasteiger partial charge on any atom is 0.277 e. The number of hydrogen-bond acceptors (Lipinski definition) is 6. The van der Waals surface area contributed by atoms with Crippen LogP contribution in [0.5, 0.6) is 0 Å². The summed E-state index contributed by atoms with van der Waals surface area (Å²) in [6.07, 6.45) is 3.02. The fourth-order valence-electron chi connectivity index (χ4n) is 3.96. The largest absolute Gasteiger partial charge is 0.367 e. The molecule has 11 heteroatoms. The first-order valence-corrected chi connectivity index (χ1v) is 10.3. The van der Waals surface area contributed by atoms with Crippen LogP contribution in [-0.4, -0.2) is 55.3 Å². The van der Waals surface area contributed by atoms with E-state index >= 15 is 0 Å². The summed E-state index contributed by atoms with van der Waals surface area (Å²) in [5.41, 5.74) is 1.57. The zero-order valence-corrected chi connectivity index (χ0v) is 17.2. The second kappa shape index (κ2) is 8.49. The van der Waals surface area contributed by atoms with Gasteiger partial charge in [-0.2, -0.15) is 15.4 Å². The van der Waals surface area contributed by atoms with Crippen LogP contribution in [-0.2, 0) is 0 Å². The van der Waals surface area contributed by atoms with Crippen molar-refractivity contribution in [2.24, 2.45) is 0 Å². The lowest BCUT2D eigenvalue weighted by atomic mass is 10.1. The minimum Gasteiger partial charge on any atom is -0.367 e. The molecule has 0 saturated carbocycles. The van der Waals surface area contributed by atoms with Gasteiger partial charge in [-0.1, -0.05) is 0 Å². The number of fused-ring (bicyclic) bond motifs is 1. The molecule has 168 valence electrons. The van der Waals surface area contributed by atoms with Gasteiger partial charge in [0.25, 0.3) is 5.91 Å². The minimum atomic E-state index is -0.994. The van der Waals surface area contributed by atoms with Crippen LogP contribution in [0, 0.1) is 17.5 Å². The van der Waals surface area contributed by atoms with Crippen LogP contribution >= 0.6 is 0 Å². The van der Waals surface area contributed by atoms with Gasteiger partial charge in [0, 0.05) is 36.8 Å². The van der Waals surface area contributed by atoms with E-state index in [0.717, 1.165) is 25.0 Å². The smallest absolute Gasteiger partial charge is 0.277 e. The van der Waals surface area contributed by atoms with Gasteiger partial charge in [-0.15, -0.1) is 0 Å². The molecule has 8 nitrogen and oxygen atoms in total. The predicted octanol–water partition coefficient (Wildman–Crippen LogP) is 3.55. The molecule has 0 radical (unpaired) electrons. The number of H-pyrrole nitrogens is 1. The van der Waals surface area contributed by atoms with E-state index in [1.54, 1.807) is 17.0 Å². The monoisotopic (exact) mass is 453 g/mol. The number of carbonyl (C=O) groups excluding carboxylic acids is 1. The first kappa shape index (κ1) is 20.9. The van der Waals surface area contributed by atoms with Crippen LogP contribution < -0.4 is 5.32 Å². The van der Waals surface area contributed by atoms with E-state index in [2.05, 4.69) is 30.7 Å². The second-order valence-electron chi connectivity index (χ2n) is 7.71. The molecular formula is C22H18F3N7O. The molecule has 5 rings (SSSR count). The highest BCUT2D eigenvalue weighted by atomic mass is 19.2. The van der Waals surface area contributed by atoms with E-state index in [4.69, 9.17) is 0 Å². The van der Waals surface area contributed by atoms with Crippen molar-refractivity contribution in [2.45, 2.75) is 18.9 Å². The number of benzene rings is 2. The average molecular weight is 453 g/mol. The van der Waals surface area contributed by atoms with Crippen LogP contribution in [0.1, 0.15) is 23.3 Å². The Bertz CT molecular complexity index is 1330. The SMILES string of the molecule is O=C(c1n[nH]nc1-c1ccc(F)cc1)N1CCC[C@H]1CNc1cnc2cc(F)c(F)cc2n1. The summed E-state index contributed by atoms with van der Waals surface area (Å²) in [6.45, 7) is 0.939. The number of hydrogen-bond donors (Lipinski definition) is 2. The summed E-state index contributed by atoms with van der Waals surface area (Å²) in [4.78, 5) is 23.3. The third-order valence-corrected chi connectivity index (χ3v) is 5.61. The highest BCUT2D eigenvalue weighted by Gasteiger charge is 2.32. The van der Waals surface area contributed by atoms with E-state index in [1.165, 1.54) is 18.3 Å². The molecule has 0 aliphatic carbocycles. The molecule has 3 heterocycles. The number of carbonyl (C=O) groups is 1. The molecule has 0 unspecified atom stereocenters. The Morgan fingerprint density at radius 3 is 2.64 bits per heavy atom.